The summed E-state index contributed by atoms with van der Waals surface area (Å²) in [7, 11) is 2.15. The molecule has 1 heterocycles. The molecule has 0 radical (unpaired) electrons. The number of nitrogens with zero attached hydrogens (tertiary/aromatic N) is 2. The molecule has 0 N–H and O–H groups in total. The molecular weight excluding hydrogens is 268 g/mol. The van der Waals surface area contributed by atoms with Gasteiger partial charge in [0.1, 0.15) is 12.4 Å². The van der Waals surface area contributed by atoms with Gasteiger partial charge in [-0.15, -0.1) is 0 Å². The summed E-state index contributed by atoms with van der Waals surface area (Å²) in [5.74, 6) is 1.45. The Morgan fingerprint density at radius 1 is 0.773 bits per heavy atom. The molecule has 0 spiro atoms. The third kappa shape index (κ3) is 8.00. The van der Waals surface area contributed by atoms with Gasteiger partial charge < -0.3 is 0 Å². The van der Waals surface area contributed by atoms with Gasteiger partial charge in [0.2, 0.25) is 0 Å². The maximum Gasteiger partial charge on any atom is 0.255 e. The van der Waals surface area contributed by atoms with E-state index in [1.54, 1.807) is 0 Å². The fraction of sp³-hybridized carbons (Fsp3) is 0.850. The van der Waals surface area contributed by atoms with E-state index in [1.807, 2.05) is 0 Å². The third-order valence-corrected chi connectivity index (χ3v) is 4.78. The van der Waals surface area contributed by atoms with Crippen molar-refractivity contribution in [3.63, 3.8) is 0 Å². The van der Waals surface area contributed by atoms with Gasteiger partial charge in [-0.3, -0.25) is 0 Å². The first-order chi connectivity index (χ1) is 10.8. The Morgan fingerprint density at radius 2 is 1.27 bits per heavy atom. The van der Waals surface area contributed by atoms with Gasteiger partial charge in [-0.05, 0) is 12.8 Å². The molecule has 0 unspecified atom stereocenters. The van der Waals surface area contributed by atoms with Crippen LogP contribution in [0.15, 0.2) is 12.4 Å². The second-order valence-electron chi connectivity index (χ2n) is 6.76. The summed E-state index contributed by atoms with van der Waals surface area (Å²) in [6.45, 7) is 5.73. The molecule has 22 heavy (non-hydrogen) atoms. The predicted molar refractivity (Wildman–Crippen MR) is 96.1 cm³/mol. The lowest BCUT2D eigenvalue weighted by molar-refractivity contribution is -0.678. The molecule has 0 saturated heterocycles. The molecule has 0 aliphatic heterocycles. The van der Waals surface area contributed by atoms with Crippen molar-refractivity contribution in [1.82, 2.24) is 4.57 Å². The summed E-state index contributed by atoms with van der Waals surface area (Å²) in [5, 5.41) is 0. The predicted octanol–water partition coefficient (Wildman–Crippen LogP) is 5.58. The SMILES string of the molecule is CCCCCCCCCCCCCCn1cc[n+](C)c1CC. The first-order valence-electron chi connectivity index (χ1n) is 9.83. The molecule has 0 saturated carbocycles. The van der Waals surface area contributed by atoms with Gasteiger partial charge in [-0.25, -0.2) is 9.13 Å². The molecule has 0 amide bonds. The van der Waals surface area contributed by atoms with Crippen LogP contribution in [-0.4, -0.2) is 4.57 Å². The molecule has 0 aliphatic rings. The highest BCUT2D eigenvalue weighted by atomic mass is 15.1. The van der Waals surface area contributed by atoms with E-state index in [0.29, 0.717) is 0 Å². The van der Waals surface area contributed by atoms with Crippen LogP contribution >= 0.6 is 0 Å². The van der Waals surface area contributed by atoms with E-state index >= 15 is 0 Å². The van der Waals surface area contributed by atoms with Crippen LogP contribution in [0, 0.1) is 0 Å². The quantitative estimate of drug-likeness (QED) is 0.313. The first kappa shape index (κ1) is 19.3. The Balaban J connectivity index is 1.89. The molecule has 0 aliphatic carbocycles. The van der Waals surface area contributed by atoms with Crippen LogP contribution in [0.5, 0.6) is 0 Å². The maximum atomic E-state index is 2.43. The lowest BCUT2D eigenvalue weighted by Crippen LogP contribution is -2.31. The highest BCUT2D eigenvalue weighted by Crippen LogP contribution is 2.12. The molecular formula is C20H39N2+. The minimum absolute atomic E-state index is 1.13. The Hall–Kier alpha value is -0.790. The van der Waals surface area contributed by atoms with Gasteiger partial charge in [0.15, 0.2) is 0 Å². The molecule has 1 rings (SSSR count). The van der Waals surface area contributed by atoms with Crippen molar-refractivity contribution in [1.29, 1.82) is 0 Å². The molecule has 1 aromatic heterocycles. The summed E-state index contributed by atoms with van der Waals surface area (Å²) in [6, 6.07) is 0. The maximum absolute atomic E-state index is 2.43. The van der Waals surface area contributed by atoms with Crippen LogP contribution in [0.25, 0.3) is 0 Å². The summed E-state index contributed by atoms with van der Waals surface area (Å²) in [5.41, 5.74) is 0. The van der Waals surface area contributed by atoms with E-state index in [9.17, 15) is 0 Å². The summed E-state index contributed by atoms with van der Waals surface area (Å²) >= 11 is 0. The zero-order valence-electron chi connectivity index (χ0n) is 15.4. The van der Waals surface area contributed by atoms with Crippen molar-refractivity contribution in [3.05, 3.63) is 18.2 Å². The van der Waals surface area contributed by atoms with Crippen molar-refractivity contribution in [2.75, 3.05) is 0 Å². The molecule has 0 fully saturated rings. The van der Waals surface area contributed by atoms with E-state index in [-0.39, 0.29) is 0 Å². The van der Waals surface area contributed by atoms with E-state index in [4.69, 9.17) is 0 Å². The van der Waals surface area contributed by atoms with Gasteiger partial charge >= 0.3 is 0 Å². The number of aryl methyl sites for hydroxylation is 2. The number of rotatable bonds is 14. The molecule has 1 aromatic rings. The Morgan fingerprint density at radius 3 is 1.77 bits per heavy atom. The average Bonchev–Trinajstić information content (AvgIpc) is 2.88. The van der Waals surface area contributed by atoms with Gasteiger partial charge in [0.05, 0.1) is 13.6 Å². The first-order valence-corrected chi connectivity index (χ1v) is 9.83. The highest BCUT2D eigenvalue weighted by molar-refractivity contribution is 4.82. The standard InChI is InChI=1S/C20H39N2/c1-4-6-7-8-9-10-11-12-13-14-15-16-17-22-19-18-21(3)20(22)5-2/h18-19H,4-17H2,1-3H3/q+1. The lowest BCUT2D eigenvalue weighted by atomic mass is 10.1. The molecule has 2 nitrogen and oxygen atoms in total. The van der Waals surface area contributed by atoms with Crippen LogP contribution in [-0.2, 0) is 20.0 Å². The third-order valence-electron chi connectivity index (χ3n) is 4.78. The normalized spacial score (nSPS) is 11.2. The van der Waals surface area contributed by atoms with Crippen molar-refractivity contribution in [2.45, 2.75) is 104 Å². The molecule has 128 valence electrons. The van der Waals surface area contributed by atoms with Crippen LogP contribution < -0.4 is 4.57 Å². The average molecular weight is 308 g/mol. The summed E-state index contributed by atoms with van der Waals surface area (Å²) in [4.78, 5) is 0. The number of imidazole rings is 1. The van der Waals surface area contributed by atoms with Crippen molar-refractivity contribution < 1.29 is 4.57 Å². The number of unbranched alkanes of at least 4 members (excludes halogenated alkanes) is 11. The zero-order valence-corrected chi connectivity index (χ0v) is 15.4. The number of aromatic nitrogens is 2. The zero-order chi connectivity index (χ0) is 16.0. The minimum atomic E-state index is 1.13. The Kier molecular flexibility index (Phi) is 11.1. The fourth-order valence-electron chi connectivity index (χ4n) is 3.33. The fourth-order valence-corrected chi connectivity index (χ4v) is 3.33. The molecule has 0 aromatic carbocycles. The van der Waals surface area contributed by atoms with Gasteiger partial charge in [0, 0.05) is 6.42 Å². The van der Waals surface area contributed by atoms with E-state index in [0.717, 1.165) is 6.42 Å². The number of hydrogen-bond acceptors (Lipinski definition) is 0. The van der Waals surface area contributed by atoms with Crippen molar-refractivity contribution in [2.24, 2.45) is 7.05 Å². The Bertz CT molecular complexity index is 368. The number of hydrogen-bond donors (Lipinski definition) is 0. The largest absolute Gasteiger partial charge is 0.255 e. The molecule has 0 atom stereocenters. The lowest BCUT2D eigenvalue weighted by Gasteiger charge is -2.03. The highest BCUT2D eigenvalue weighted by Gasteiger charge is 2.10. The Labute approximate surface area is 138 Å². The van der Waals surface area contributed by atoms with E-state index < -0.39 is 0 Å². The topological polar surface area (TPSA) is 8.81 Å². The van der Waals surface area contributed by atoms with Crippen molar-refractivity contribution >= 4 is 0 Å². The van der Waals surface area contributed by atoms with Crippen LogP contribution in [0.1, 0.15) is 96.7 Å². The van der Waals surface area contributed by atoms with Crippen LogP contribution in [0.3, 0.4) is 0 Å². The van der Waals surface area contributed by atoms with Crippen LogP contribution in [0.4, 0.5) is 0 Å². The molecule has 0 bridgehead atoms. The second kappa shape index (κ2) is 12.7. The van der Waals surface area contributed by atoms with Crippen molar-refractivity contribution in [3.8, 4) is 0 Å². The molecule has 2 heteroatoms. The van der Waals surface area contributed by atoms with E-state index in [1.165, 1.54) is 89.4 Å². The summed E-state index contributed by atoms with van der Waals surface area (Å²) in [6.07, 6.45) is 22.7. The van der Waals surface area contributed by atoms with Crippen LogP contribution in [0.2, 0.25) is 0 Å². The minimum Gasteiger partial charge on any atom is -0.237 e. The van der Waals surface area contributed by atoms with Gasteiger partial charge in [0.25, 0.3) is 5.82 Å². The van der Waals surface area contributed by atoms with Gasteiger partial charge in [-0.2, -0.15) is 0 Å². The second-order valence-corrected chi connectivity index (χ2v) is 6.76. The smallest absolute Gasteiger partial charge is 0.237 e. The van der Waals surface area contributed by atoms with Gasteiger partial charge in [-0.1, -0.05) is 78.1 Å². The van der Waals surface area contributed by atoms with E-state index in [2.05, 4.69) is 42.4 Å². The monoisotopic (exact) mass is 307 g/mol. The summed E-state index contributed by atoms with van der Waals surface area (Å²) < 4.78 is 4.68.